The van der Waals surface area contributed by atoms with Crippen LogP contribution in [0.1, 0.15) is 32.6 Å². The number of fused-ring (bicyclic) bond motifs is 2. The molecule has 0 aromatic heterocycles. The van der Waals surface area contributed by atoms with E-state index in [1.54, 1.807) is 0 Å². The fraction of sp³-hybridized carbons (Fsp3) is 0. The van der Waals surface area contributed by atoms with Crippen LogP contribution in [0.25, 0.3) is 11.1 Å². The zero-order valence-corrected chi connectivity index (χ0v) is 13.2. The molecule has 0 unspecified atom stereocenters. The minimum absolute atomic E-state index is 0.0847. The third kappa shape index (κ3) is 2.14. The average Bonchev–Trinajstić information content (AvgIpc) is 2.66. The quantitative estimate of drug-likeness (QED) is 0.486. The predicted octanol–water partition coefficient (Wildman–Crippen LogP) is 5.38. The summed E-state index contributed by atoms with van der Waals surface area (Å²) in [6.07, 6.45) is 1.88. The minimum atomic E-state index is 0.0847. The van der Waals surface area contributed by atoms with Crippen molar-refractivity contribution in [2.45, 2.75) is 0 Å². The Morgan fingerprint density at radius 1 is 0.667 bits per heavy atom. The molecule has 3 aromatic carbocycles. The molecule has 1 aliphatic carbocycles. The molecule has 0 atom stereocenters. The lowest BCUT2D eigenvalue weighted by Crippen LogP contribution is -2.15. The molecule has 24 heavy (non-hydrogen) atoms. The molecule has 0 spiro atoms. The number of allylic oxidation sites excluding steroid dienone is 2. The second-order valence-electron chi connectivity index (χ2n) is 5.78. The second-order valence-corrected chi connectivity index (χ2v) is 5.78. The van der Waals surface area contributed by atoms with Crippen molar-refractivity contribution in [3.05, 3.63) is 119 Å². The van der Waals surface area contributed by atoms with Crippen LogP contribution in [0, 0.1) is 0 Å². The van der Waals surface area contributed by atoms with E-state index in [1.165, 1.54) is 0 Å². The van der Waals surface area contributed by atoms with Gasteiger partial charge in [0, 0.05) is 11.1 Å². The van der Waals surface area contributed by atoms with Crippen molar-refractivity contribution >= 4 is 16.9 Å². The molecule has 3 aromatic rings. The van der Waals surface area contributed by atoms with E-state index in [2.05, 4.69) is 18.7 Å². The molecule has 0 aliphatic heterocycles. The second kappa shape index (κ2) is 5.78. The largest absolute Gasteiger partial charge is 0.289 e. The zero-order chi connectivity index (χ0) is 16.5. The fourth-order valence-corrected chi connectivity index (χ4v) is 3.36. The highest BCUT2D eigenvalue weighted by molar-refractivity contribution is 6.22. The van der Waals surface area contributed by atoms with Crippen LogP contribution in [0.4, 0.5) is 0 Å². The summed E-state index contributed by atoms with van der Waals surface area (Å²) < 4.78 is 0. The van der Waals surface area contributed by atoms with E-state index in [1.807, 2.05) is 72.8 Å². The van der Waals surface area contributed by atoms with Gasteiger partial charge in [-0.1, -0.05) is 91.5 Å². The van der Waals surface area contributed by atoms with Crippen LogP contribution in [-0.2, 0) is 0 Å². The summed E-state index contributed by atoms with van der Waals surface area (Å²) >= 11 is 0. The van der Waals surface area contributed by atoms with E-state index < -0.39 is 0 Å². The molecule has 1 aliphatic rings. The van der Waals surface area contributed by atoms with Crippen LogP contribution >= 0.6 is 0 Å². The third-order valence-corrected chi connectivity index (χ3v) is 4.44. The average molecular weight is 308 g/mol. The van der Waals surface area contributed by atoms with Crippen molar-refractivity contribution in [3.8, 4) is 0 Å². The Morgan fingerprint density at radius 3 is 1.62 bits per heavy atom. The maximum Gasteiger partial charge on any atom is 0.194 e. The molecule has 0 bridgehead atoms. The van der Waals surface area contributed by atoms with Crippen molar-refractivity contribution < 1.29 is 4.79 Å². The lowest BCUT2D eigenvalue weighted by molar-refractivity contribution is 0.103. The standard InChI is InChI=1S/C23H16O/c1-2-17(16-10-4-3-5-11-16)22-18-12-6-8-14-20(18)23(24)21-15-9-7-13-19(21)22/h2-15H,1H2. The van der Waals surface area contributed by atoms with Gasteiger partial charge in [0.1, 0.15) is 0 Å². The van der Waals surface area contributed by atoms with Crippen LogP contribution in [0.2, 0.25) is 0 Å². The summed E-state index contributed by atoms with van der Waals surface area (Å²) in [7, 11) is 0. The lowest BCUT2D eigenvalue weighted by Gasteiger charge is -2.24. The number of benzene rings is 3. The number of rotatable bonds is 2. The van der Waals surface area contributed by atoms with E-state index in [4.69, 9.17) is 0 Å². The van der Waals surface area contributed by atoms with Crippen LogP contribution < -0.4 is 0 Å². The highest BCUT2D eigenvalue weighted by atomic mass is 16.1. The number of hydrogen-bond acceptors (Lipinski definition) is 1. The van der Waals surface area contributed by atoms with E-state index in [0.717, 1.165) is 39.0 Å². The molecule has 0 N–H and O–H groups in total. The molecule has 4 rings (SSSR count). The first kappa shape index (κ1) is 14.4. The van der Waals surface area contributed by atoms with Crippen molar-refractivity contribution in [1.29, 1.82) is 0 Å². The van der Waals surface area contributed by atoms with Gasteiger partial charge in [0.2, 0.25) is 0 Å². The molecule has 1 nitrogen and oxygen atoms in total. The van der Waals surface area contributed by atoms with E-state index >= 15 is 0 Å². The van der Waals surface area contributed by atoms with Gasteiger partial charge in [-0.2, -0.15) is 0 Å². The van der Waals surface area contributed by atoms with Crippen molar-refractivity contribution in [2.75, 3.05) is 0 Å². The third-order valence-electron chi connectivity index (χ3n) is 4.44. The molecular formula is C23H16O. The maximum absolute atomic E-state index is 12.9. The SMILES string of the molecule is C=CC(=C1c2ccccc2C(=O)c2ccccc21)c1ccccc1. The smallest absolute Gasteiger partial charge is 0.194 e. The van der Waals surface area contributed by atoms with Gasteiger partial charge in [0.05, 0.1) is 0 Å². The first-order valence-corrected chi connectivity index (χ1v) is 7.97. The zero-order valence-electron chi connectivity index (χ0n) is 13.2. The van der Waals surface area contributed by atoms with E-state index in [0.29, 0.717) is 0 Å². The van der Waals surface area contributed by atoms with Gasteiger partial charge in [-0.15, -0.1) is 0 Å². The Morgan fingerprint density at radius 2 is 1.12 bits per heavy atom. The Balaban J connectivity index is 2.13. The monoisotopic (exact) mass is 308 g/mol. The van der Waals surface area contributed by atoms with E-state index in [9.17, 15) is 4.79 Å². The molecule has 0 saturated carbocycles. The molecule has 0 heterocycles. The predicted molar refractivity (Wildman–Crippen MR) is 98.9 cm³/mol. The molecular weight excluding hydrogens is 292 g/mol. The number of carbonyl (C=O) groups excluding carboxylic acids is 1. The Hall–Kier alpha value is -3.19. The highest BCUT2D eigenvalue weighted by Gasteiger charge is 2.27. The molecule has 0 saturated heterocycles. The summed E-state index contributed by atoms with van der Waals surface area (Å²) in [6.45, 7) is 4.03. The fourth-order valence-electron chi connectivity index (χ4n) is 3.36. The first-order valence-electron chi connectivity index (χ1n) is 7.97. The molecule has 0 fully saturated rings. The summed E-state index contributed by atoms with van der Waals surface area (Å²) in [6, 6.07) is 25.8. The van der Waals surface area contributed by atoms with Crippen LogP contribution in [-0.4, -0.2) is 5.78 Å². The van der Waals surface area contributed by atoms with Crippen molar-refractivity contribution in [1.82, 2.24) is 0 Å². The Kier molecular flexibility index (Phi) is 3.47. The molecule has 114 valence electrons. The normalized spacial score (nSPS) is 12.3. The maximum atomic E-state index is 12.9. The van der Waals surface area contributed by atoms with Gasteiger partial charge in [-0.3, -0.25) is 4.79 Å². The molecule has 0 radical (unpaired) electrons. The van der Waals surface area contributed by atoms with Gasteiger partial charge in [-0.05, 0) is 27.8 Å². The molecule has 0 amide bonds. The van der Waals surface area contributed by atoms with Gasteiger partial charge in [0.15, 0.2) is 5.78 Å². The molecule has 1 heteroatoms. The van der Waals surface area contributed by atoms with Gasteiger partial charge >= 0.3 is 0 Å². The van der Waals surface area contributed by atoms with Gasteiger partial charge in [0.25, 0.3) is 0 Å². The minimum Gasteiger partial charge on any atom is -0.289 e. The Bertz CT molecular complexity index is 926. The first-order chi connectivity index (χ1) is 11.8. The van der Waals surface area contributed by atoms with Crippen molar-refractivity contribution in [2.24, 2.45) is 0 Å². The summed E-state index contributed by atoms with van der Waals surface area (Å²) in [5.74, 6) is 0.0847. The topological polar surface area (TPSA) is 17.1 Å². The summed E-state index contributed by atoms with van der Waals surface area (Å²) in [5, 5.41) is 0. The van der Waals surface area contributed by atoms with Crippen LogP contribution in [0.5, 0.6) is 0 Å². The summed E-state index contributed by atoms with van der Waals surface area (Å²) in [5.41, 5.74) is 6.66. The van der Waals surface area contributed by atoms with E-state index in [-0.39, 0.29) is 5.78 Å². The number of carbonyl (C=O) groups is 1. The van der Waals surface area contributed by atoms with Crippen LogP contribution in [0.15, 0.2) is 91.5 Å². The Labute approximate surface area is 141 Å². The summed E-state index contributed by atoms with van der Waals surface area (Å²) in [4.78, 5) is 12.9. The van der Waals surface area contributed by atoms with Gasteiger partial charge < -0.3 is 0 Å². The van der Waals surface area contributed by atoms with Crippen molar-refractivity contribution in [3.63, 3.8) is 0 Å². The van der Waals surface area contributed by atoms with Crippen LogP contribution in [0.3, 0.4) is 0 Å². The van der Waals surface area contributed by atoms with Gasteiger partial charge in [-0.25, -0.2) is 0 Å². The number of ketones is 1. The lowest BCUT2D eigenvalue weighted by atomic mass is 9.78. The highest BCUT2D eigenvalue weighted by Crippen LogP contribution is 2.40. The number of hydrogen-bond donors (Lipinski definition) is 0.